The van der Waals surface area contributed by atoms with Crippen molar-refractivity contribution in [3.8, 4) is 11.1 Å². The number of fused-ring (bicyclic) bond motifs is 11. The Bertz CT molecular complexity index is 3810. The first-order valence-corrected chi connectivity index (χ1v) is 27.2. The quantitative estimate of drug-likeness (QED) is 0.142. The standard InChI is InChI=1S/C16H14.C16H12.C16H14.2C15H12/c2*1-12-15-8-4-2-6-13(15)10-11-14-7-3-5-9-16(12)14;1-12-10-13-6-2-3-7-14(13)11-15-8-4-5-9-16(12)15;1-11-14-8-4-2-6-12(14)10-13-7-3-5-9-15(11)13;1-11-10-12-6-2-3-8-14(12)15-9-5-4-7-13(11)15/h2-9H,1,10-11H2;2-11H,1H2;2-9H,1,10-11H2;2*2-9H,1,10H2. The lowest BCUT2D eigenvalue weighted by atomic mass is 9.83. The Morgan fingerprint density at radius 1 is 0.192 bits per heavy atom. The topological polar surface area (TPSA) is 0 Å². The Morgan fingerprint density at radius 3 is 0.923 bits per heavy atom. The Hall–Kier alpha value is -9.36. The average molecular weight is 1000 g/mol. The molecule has 78 heavy (non-hydrogen) atoms. The van der Waals surface area contributed by atoms with Gasteiger partial charge in [-0.2, -0.15) is 0 Å². The average Bonchev–Trinajstić information content (AvgIpc) is 3.86. The minimum atomic E-state index is 0.979. The normalized spacial score (nSPS) is 13.4. The fourth-order valence-corrected chi connectivity index (χ4v) is 11.7. The van der Waals surface area contributed by atoms with Gasteiger partial charge in [-0.25, -0.2) is 0 Å². The lowest BCUT2D eigenvalue weighted by molar-refractivity contribution is 0.965. The number of hydrogen-bond donors (Lipinski definition) is 0. The second-order valence-corrected chi connectivity index (χ2v) is 20.6. The Labute approximate surface area is 462 Å². The van der Waals surface area contributed by atoms with E-state index >= 15 is 0 Å². The van der Waals surface area contributed by atoms with Crippen LogP contribution in [0.15, 0.2) is 276 Å². The number of aryl methyl sites for hydroxylation is 2. The molecule has 10 aromatic carbocycles. The van der Waals surface area contributed by atoms with Crippen LogP contribution in [-0.4, -0.2) is 0 Å². The smallest absolute Gasteiger partial charge is 0.00135 e. The van der Waals surface area contributed by atoms with E-state index in [9.17, 15) is 0 Å². The Morgan fingerprint density at radius 2 is 0.449 bits per heavy atom. The summed E-state index contributed by atoms with van der Waals surface area (Å²) in [6, 6.07) is 85.4. The molecule has 0 nitrogen and oxygen atoms in total. The molecule has 0 aliphatic heterocycles. The van der Waals surface area contributed by atoms with E-state index in [-0.39, 0.29) is 0 Å². The molecule has 0 unspecified atom stereocenters. The predicted octanol–water partition coefficient (Wildman–Crippen LogP) is 19.5. The highest BCUT2D eigenvalue weighted by molar-refractivity contribution is 5.93. The van der Waals surface area contributed by atoms with Crippen LogP contribution in [0.2, 0.25) is 0 Å². The minimum Gasteiger partial charge on any atom is -0.0949 e. The van der Waals surface area contributed by atoms with Crippen molar-refractivity contribution in [2.24, 2.45) is 0 Å². The van der Waals surface area contributed by atoms with Gasteiger partial charge in [-0.05, 0) is 178 Å². The third-order valence-corrected chi connectivity index (χ3v) is 15.7. The number of benzene rings is 10. The Kier molecular flexibility index (Phi) is 15.1. The van der Waals surface area contributed by atoms with Crippen molar-refractivity contribution in [3.05, 3.63) is 376 Å². The van der Waals surface area contributed by atoms with Crippen molar-refractivity contribution in [1.29, 1.82) is 0 Å². The molecule has 0 heteroatoms. The van der Waals surface area contributed by atoms with Crippen molar-refractivity contribution >= 4 is 40.0 Å². The van der Waals surface area contributed by atoms with Crippen molar-refractivity contribution < 1.29 is 0 Å². The van der Waals surface area contributed by atoms with Crippen LogP contribution in [0.5, 0.6) is 0 Å². The van der Waals surface area contributed by atoms with E-state index in [1.165, 1.54) is 128 Å². The van der Waals surface area contributed by atoms with E-state index in [0.29, 0.717) is 0 Å². The molecular weight excluding hydrogens is 937 g/mol. The molecule has 376 valence electrons. The van der Waals surface area contributed by atoms with E-state index in [2.05, 4.69) is 288 Å². The van der Waals surface area contributed by atoms with E-state index in [0.717, 1.165) is 49.7 Å². The van der Waals surface area contributed by atoms with Gasteiger partial charge in [-0.3, -0.25) is 0 Å². The van der Waals surface area contributed by atoms with Crippen LogP contribution in [-0.2, 0) is 38.5 Å². The van der Waals surface area contributed by atoms with E-state index in [4.69, 9.17) is 0 Å². The maximum absolute atomic E-state index is 4.26. The summed E-state index contributed by atoms with van der Waals surface area (Å²) in [6.45, 7) is 21.0. The molecule has 15 rings (SSSR count). The van der Waals surface area contributed by atoms with E-state index in [1.807, 2.05) is 0 Å². The maximum atomic E-state index is 4.26. The van der Waals surface area contributed by atoms with Crippen LogP contribution < -0.4 is 0 Å². The molecule has 0 fully saturated rings. The molecule has 0 bridgehead atoms. The monoisotopic (exact) mass is 1000 g/mol. The highest BCUT2D eigenvalue weighted by Gasteiger charge is 2.20. The molecule has 0 spiro atoms. The van der Waals surface area contributed by atoms with Crippen LogP contribution in [0.25, 0.3) is 51.1 Å². The van der Waals surface area contributed by atoms with E-state index in [1.54, 1.807) is 0 Å². The van der Waals surface area contributed by atoms with Crippen LogP contribution >= 0.6 is 0 Å². The molecule has 0 amide bonds. The molecule has 0 aromatic heterocycles. The number of allylic oxidation sites excluding steroid dienone is 2. The molecule has 5 aliphatic rings. The maximum Gasteiger partial charge on any atom is -0.00135 e. The van der Waals surface area contributed by atoms with Gasteiger partial charge in [0.1, 0.15) is 0 Å². The van der Waals surface area contributed by atoms with Gasteiger partial charge in [0.05, 0.1) is 0 Å². The second-order valence-electron chi connectivity index (χ2n) is 20.6. The minimum absolute atomic E-state index is 0.979. The van der Waals surface area contributed by atoms with Crippen molar-refractivity contribution in [2.45, 2.75) is 38.5 Å². The third kappa shape index (κ3) is 10.9. The fraction of sp³-hybridized carbons (Fsp3) is 0.0769. The molecule has 0 radical (unpaired) electrons. The summed E-state index contributed by atoms with van der Waals surface area (Å²) >= 11 is 0. The zero-order chi connectivity index (χ0) is 53.4. The zero-order valence-electron chi connectivity index (χ0n) is 44.5. The van der Waals surface area contributed by atoms with Crippen molar-refractivity contribution in [2.75, 3.05) is 0 Å². The van der Waals surface area contributed by atoms with Crippen LogP contribution in [0.1, 0.15) is 100 Å². The van der Waals surface area contributed by atoms with Gasteiger partial charge in [0.15, 0.2) is 0 Å². The summed E-state index contributed by atoms with van der Waals surface area (Å²) in [4.78, 5) is 0. The predicted molar refractivity (Wildman–Crippen MR) is 335 cm³/mol. The summed E-state index contributed by atoms with van der Waals surface area (Å²) in [5.74, 6) is 0. The van der Waals surface area contributed by atoms with Crippen molar-refractivity contribution in [3.63, 3.8) is 0 Å². The SMILES string of the molecule is C=C1Cc2ccccc2-c2ccccc21.C=C1Cc2ccccc2Cc2ccccc21.C=C1c2ccccc2C=Cc2ccccc21.C=C1c2ccccc2CCc2ccccc21.C=C1c2ccccc2Cc2ccccc21. The first-order chi connectivity index (χ1) is 38.3. The fourth-order valence-electron chi connectivity index (χ4n) is 11.7. The van der Waals surface area contributed by atoms with Gasteiger partial charge >= 0.3 is 0 Å². The molecular formula is C78H64. The van der Waals surface area contributed by atoms with Gasteiger partial charge in [0.25, 0.3) is 0 Å². The highest BCUT2D eigenvalue weighted by atomic mass is 14.2. The van der Waals surface area contributed by atoms with Crippen LogP contribution in [0.3, 0.4) is 0 Å². The first kappa shape index (κ1) is 50.8. The van der Waals surface area contributed by atoms with E-state index < -0.39 is 0 Å². The third-order valence-electron chi connectivity index (χ3n) is 15.7. The molecule has 0 heterocycles. The van der Waals surface area contributed by atoms with Gasteiger partial charge in [-0.15, -0.1) is 0 Å². The summed E-state index contributed by atoms with van der Waals surface area (Å²) in [6.07, 6.45) is 10.6. The molecule has 0 saturated carbocycles. The summed E-state index contributed by atoms with van der Waals surface area (Å²) < 4.78 is 0. The lowest BCUT2D eigenvalue weighted by Gasteiger charge is -2.21. The largest absolute Gasteiger partial charge is 0.0949 e. The first-order valence-electron chi connectivity index (χ1n) is 27.2. The summed E-state index contributed by atoms with van der Waals surface area (Å²) in [5, 5.41) is 0. The Balaban J connectivity index is 0.000000103. The van der Waals surface area contributed by atoms with Crippen LogP contribution in [0.4, 0.5) is 0 Å². The summed E-state index contributed by atoms with van der Waals surface area (Å²) in [7, 11) is 0. The molecule has 10 aromatic rings. The van der Waals surface area contributed by atoms with Gasteiger partial charge in [0, 0.05) is 0 Å². The van der Waals surface area contributed by atoms with Crippen LogP contribution in [0, 0.1) is 0 Å². The van der Waals surface area contributed by atoms with Gasteiger partial charge in [0.2, 0.25) is 0 Å². The number of hydrogen-bond acceptors (Lipinski definition) is 0. The summed E-state index contributed by atoms with van der Waals surface area (Å²) in [5.41, 5.74) is 32.6. The zero-order valence-corrected chi connectivity index (χ0v) is 44.5. The molecule has 0 N–H and O–H groups in total. The molecule has 5 aliphatic carbocycles. The van der Waals surface area contributed by atoms with Crippen molar-refractivity contribution in [1.82, 2.24) is 0 Å². The lowest BCUT2D eigenvalue weighted by Crippen LogP contribution is -2.05. The molecule has 0 atom stereocenters. The molecule has 0 saturated heterocycles. The number of rotatable bonds is 0. The second kappa shape index (κ2) is 23.3. The van der Waals surface area contributed by atoms with Gasteiger partial charge in [-0.1, -0.05) is 288 Å². The highest BCUT2D eigenvalue weighted by Crippen LogP contribution is 2.39. The van der Waals surface area contributed by atoms with Gasteiger partial charge < -0.3 is 0 Å².